The summed E-state index contributed by atoms with van der Waals surface area (Å²) >= 11 is 0. The Morgan fingerprint density at radius 3 is 2.29 bits per heavy atom. The van der Waals surface area contributed by atoms with Crippen molar-refractivity contribution in [3.8, 4) is 11.1 Å². The van der Waals surface area contributed by atoms with Crippen LogP contribution < -0.4 is 5.32 Å². The first-order chi connectivity index (χ1) is 10.1. The molecule has 0 saturated carbocycles. The minimum absolute atomic E-state index is 0.0157. The summed E-state index contributed by atoms with van der Waals surface area (Å²) in [6.07, 6.45) is 3.57. The van der Waals surface area contributed by atoms with Crippen LogP contribution in [0.4, 0.5) is 4.79 Å². The maximum atomic E-state index is 11.9. The van der Waals surface area contributed by atoms with Gasteiger partial charge in [-0.2, -0.15) is 0 Å². The number of carbonyl (C=O) groups excluding carboxylic acids is 1. The lowest BCUT2D eigenvalue weighted by atomic mass is 10.0. The number of nitrogens with zero attached hydrogens (tertiary/aromatic N) is 2. The third kappa shape index (κ3) is 3.81. The van der Waals surface area contributed by atoms with Crippen molar-refractivity contribution in [2.75, 3.05) is 13.6 Å². The Kier molecular flexibility index (Phi) is 4.93. The maximum absolute atomic E-state index is 11.9. The van der Waals surface area contributed by atoms with Crippen LogP contribution in [0.25, 0.3) is 11.1 Å². The van der Waals surface area contributed by atoms with E-state index in [0.29, 0.717) is 6.54 Å². The van der Waals surface area contributed by atoms with E-state index < -0.39 is 0 Å². The highest BCUT2D eigenvalue weighted by atomic mass is 16.2. The molecule has 0 spiro atoms. The predicted octanol–water partition coefficient (Wildman–Crippen LogP) is 3.47. The maximum Gasteiger partial charge on any atom is 0.317 e. The molecule has 4 heteroatoms. The van der Waals surface area contributed by atoms with E-state index >= 15 is 0 Å². The fourth-order valence-corrected chi connectivity index (χ4v) is 2.03. The van der Waals surface area contributed by atoms with Crippen LogP contribution in [0.15, 0.2) is 48.8 Å². The van der Waals surface area contributed by atoms with Gasteiger partial charge in [0.1, 0.15) is 0 Å². The molecule has 0 aliphatic rings. The molecule has 1 heterocycles. The van der Waals surface area contributed by atoms with Crippen LogP contribution in [0.2, 0.25) is 0 Å². The average Bonchev–Trinajstić information content (AvgIpc) is 2.55. The molecule has 2 amide bonds. The van der Waals surface area contributed by atoms with Gasteiger partial charge in [0, 0.05) is 26.0 Å². The summed E-state index contributed by atoms with van der Waals surface area (Å²) in [5.74, 6) is 0. The summed E-state index contributed by atoms with van der Waals surface area (Å²) in [6, 6.07) is 12.1. The van der Waals surface area contributed by atoms with Crippen LogP contribution in [-0.2, 0) is 0 Å². The number of nitrogens with one attached hydrogen (secondary N) is 1. The highest BCUT2D eigenvalue weighted by Crippen LogP contribution is 2.21. The quantitative estimate of drug-likeness (QED) is 0.933. The zero-order valence-electron chi connectivity index (χ0n) is 12.7. The van der Waals surface area contributed by atoms with Crippen LogP contribution in [0.5, 0.6) is 0 Å². The van der Waals surface area contributed by atoms with Crippen LogP contribution >= 0.6 is 0 Å². The molecule has 0 aliphatic carbocycles. The topological polar surface area (TPSA) is 45.2 Å². The first-order valence-electron chi connectivity index (χ1n) is 7.13. The molecule has 1 N–H and O–H groups in total. The number of hydrogen-bond donors (Lipinski definition) is 1. The number of carbonyl (C=O) groups is 1. The molecule has 0 aliphatic heterocycles. The van der Waals surface area contributed by atoms with E-state index in [9.17, 15) is 4.79 Å². The number of amides is 2. The van der Waals surface area contributed by atoms with Crippen molar-refractivity contribution in [2.45, 2.75) is 19.9 Å². The molecule has 0 unspecified atom stereocenters. The van der Waals surface area contributed by atoms with Gasteiger partial charge in [-0.3, -0.25) is 4.98 Å². The summed E-state index contributed by atoms with van der Waals surface area (Å²) < 4.78 is 0. The van der Waals surface area contributed by atoms with Crippen molar-refractivity contribution in [3.63, 3.8) is 0 Å². The molecule has 0 radical (unpaired) electrons. The molecule has 2 rings (SSSR count). The summed E-state index contributed by atoms with van der Waals surface area (Å²) in [5.41, 5.74) is 3.37. The average molecular weight is 283 g/mol. The Labute approximate surface area is 125 Å². The van der Waals surface area contributed by atoms with Gasteiger partial charge in [0.05, 0.1) is 6.04 Å². The Morgan fingerprint density at radius 2 is 1.71 bits per heavy atom. The monoisotopic (exact) mass is 283 g/mol. The zero-order chi connectivity index (χ0) is 15.2. The molecule has 4 nitrogen and oxygen atoms in total. The Balaban J connectivity index is 2.07. The largest absolute Gasteiger partial charge is 0.331 e. The first kappa shape index (κ1) is 15.0. The molecule has 1 aromatic carbocycles. The SMILES string of the molecule is CCN(C)C(=O)N[C@@H](C)c1ccc(-c2ccncc2)cc1. The smallest absolute Gasteiger partial charge is 0.317 e. The Morgan fingerprint density at radius 1 is 1.14 bits per heavy atom. The van der Waals surface area contributed by atoms with Gasteiger partial charge in [-0.25, -0.2) is 4.79 Å². The van der Waals surface area contributed by atoms with Crippen molar-refractivity contribution in [2.24, 2.45) is 0 Å². The minimum Gasteiger partial charge on any atom is -0.331 e. The fraction of sp³-hybridized carbons (Fsp3) is 0.294. The van der Waals surface area contributed by atoms with Gasteiger partial charge in [-0.15, -0.1) is 0 Å². The lowest BCUT2D eigenvalue weighted by Gasteiger charge is -2.20. The number of pyridine rings is 1. The van der Waals surface area contributed by atoms with E-state index in [0.717, 1.165) is 16.7 Å². The van der Waals surface area contributed by atoms with E-state index in [1.165, 1.54) is 0 Å². The second kappa shape index (κ2) is 6.88. The summed E-state index contributed by atoms with van der Waals surface area (Å²) in [7, 11) is 1.79. The van der Waals surface area contributed by atoms with Crippen LogP contribution in [0, 0.1) is 0 Å². The third-order valence-corrected chi connectivity index (χ3v) is 3.59. The van der Waals surface area contributed by atoms with Crippen molar-refractivity contribution >= 4 is 6.03 Å². The van der Waals surface area contributed by atoms with E-state index in [1.54, 1.807) is 24.3 Å². The molecule has 110 valence electrons. The molecule has 1 atom stereocenters. The standard InChI is InChI=1S/C17H21N3O/c1-4-20(3)17(21)19-13(2)14-5-7-15(8-6-14)16-9-11-18-12-10-16/h5-13H,4H2,1-3H3,(H,19,21)/t13-/m0/s1. The minimum atomic E-state index is -0.0526. The Hall–Kier alpha value is -2.36. The lowest BCUT2D eigenvalue weighted by molar-refractivity contribution is 0.208. The predicted molar refractivity (Wildman–Crippen MR) is 84.9 cm³/mol. The van der Waals surface area contributed by atoms with Crippen LogP contribution in [-0.4, -0.2) is 29.5 Å². The molecule has 2 aromatic rings. The summed E-state index contributed by atoms with van der Waals surface area (Å²) in [5, 5.41) is 2.98. The fourth-order valence-electron chi connectivity index (χ4n) is 2.03. The molecule has 0 saturated heterocycles. The van der Waals surface area contributed by atoms with E-state index in [1.807, 2.05) is 38.1 Å². The van der Waals surface area contributed by atoms with Crippen molar-refractivity contribution in [1.29, 1.82) is 0 Å². The van der Waals surface area contributed by atoms with E-state index in [-0.39, 0.29) is 12.1 Å². The van der Waals surface area contributed by atoms with E-state index in [2.05, 4.69) is 22.4 Å². The molecule has 1 aromatic heterocycles. The second-order valence-electron chi connectivity index (χ2n) is 5.04. The van der Waals surface area contributed by atoms with Gasteiger partial charge in [-0.05, 0) is 42.7 Å². The molecule has 0 bridgehead atoms. The molecular weight excluding hydrogens is 262 g/mol. The highest BCUT2D eigenvalue weighted by molar-refractivity contribution is 5.74. The first-order valence-corrected chi connectivity index (χ1v) is 7.13. The normalized spacial score (nSPS) is 11.8. The van der Waals surface area contributed by atoms with Gasteiger partial charge in [-0.1, -0.05) is 24.3 Å². The van der Waals surface area contributed by atoms with Gasteiger partial charge in [0.2, 0.25) is 0 Å². The van der Waals surface area contributed by atoms with Gasteiger partial charge >= 0.3 is 6.03 Å². The van der Waals surface area contributed by atoms with E-state index in [4.69, 9.17) is 0 Å². The molecule has 21 heavy (non-hydrogen) atoms. The van der Waals surface area contributed by atoms with Crippen LogP contribution in [0.1, 0.15) is 25.5 Å². The lowest BCUT2D eigenvalue weighted by Crippen LogP contribution is -2.38. The third-order valence-electron chi connectivity index (χ3n) is 3.59. The number of aromatic nitrogens is 1. The van der Waals surface area contributed by atoms with Gasteiger partial charge < -0.3 is 10.2 Å². The number of hydrogen-bond acceptors (Lipinski definition) is 2. The number of rotatable bonds is 4. The summed E-state index contributed by atoms with van der Waals surface area (Å²) in [6.45, 7) is 4.64. The van der Waals surface area contributed by atoms with Gasteiger partial charge in [0.25, 0.3) is 0 Å². The molecular formula is C17H21N3O. The summed E-state index contributed by atoms with van der Waals surface area (Å²) in [4.78, 5) is 17.5. The van der Waals surface area contributed by atoms with Crippen molar-refractivity contribution in [3.05, 3.63) is 54.4 Å². The Bertz CT molecular complexity index is 581. The number of benzene rings is 1. The highest BCUT2D eigenvalue weighted by Gasteiger charge is 2.12. The van der Waals surface area contributed by atoms with Gasteiger partial charge in [0.15, 0.2) is 0 Å². The molecule has 0 fully saturated rings. The van der Waals surface area contributed by atoms with Crippen LogP contribution in [0.3, 0.4) is 0 Å². The van der Waals surface area contributed by atoms with Crippen molar-refractivity contribution < 1.29 is 4.79 Å². The second-order valence-corrected chi connectivity index (χ2v) is 5.04. The zero-order valence-corrected chi connectivity index (χ0v) is 12.7. The van der Waals surface area contributed by atoms with Crippen molar-refractivity contribution in [1.82, 2.24) is 15.2 Å². The number of urea groups is 1.